The lowest BCUT2D eigenvalue weighted by atomic mass is 9.93. The Labute approximate surface area is 172 Å². The van der Waals surface area contributed by atoms with E-state index in [4.69, 9.17) is 0 Å². The van der Waals surface area contributed by atoms with Crippen molar-refractivity contribution < 1.29 is 4.79 Å². The van der Waals surface area contributed by atoms with Crippen LogP contribution in [0.1, 0.15) is 44.1 Å². The summed E-state index contributed by atoms with van der Waals surface area (Å²) in [5.74, 6) is 2.59. The van der Waals surface area contributed by atoms with E-state index < -0.39 is 0 Å². The highest BCUT2D eigenvalue weighted by atomic mass is 16.1. The third-order valence-corrected chi connectivity index (χ3v) is 5.66. The Kier molecular flexibility index (Phi) is 6.54. The van der Waals surface area contributed by atoms with Crippen LogP contribution < -0.4 is 15.5 Å². The van der Waals surface area contributed by atoms with Gasteiger partial charge in [-0.25, -0.2) is 9.97 Å². The van der Waals surface area contributed by atoms with E-state index in [-0.39, 0.29) is 5.91 Å². The smallest absolute Gasteiger partial charge is 0.220 e. The first-order valence-corrected chi connectivity index (χ1v) is 10.8. The lowest BCUT2D eigenvalue weighted by molar-refractivity contribution is -0.121. The molecular weight excluding hydrogens is 364 g/mol. The molecule has 1 unspecified atom stereocenters. The number of hydrogen-bond donors (Lipinski definition) is 2. The molecule has 0 aromatic carbocycles. The molecule has 154 valence electrons. The Bertz CT molecular complexity index is 795. The minimum atomic E-state index is 0.143. The second kappa shape index (κ2) is 9.67. The maximum Gasteiger partial charge on any atom is 0.220 e. The number of carbonyl (C=O) groups excluding carboxylic acids is 1. The summed E-state index contributed by atoms with van der Waals surface area (Å²) in [6.45, 7) is 2.65. The van der Waals surface area contributed by atoms with E-state index in [1.807, 2.05) is 18.3 Å². The van der Waals surface area contributed by atoms with Crippen LogP contribution in [0.5, 0.6) is 0 Å². The summed E-state index contributed by atoms with van der Waals surface area (Å²) in [5, 5.41) is 6.48. The summed E-state index contributed by atoms with van der Waals surface area (Å²) in [6, 6.07) is 6.61. The number of hydrogen-bond acceptors (Lipinski definition) is 6. The molecule has 0 bridgehead atoms. The molecule has 4 rings (SSSR count). The van der Waals surface area contributed by atoms with Gasteiger partial charge < -0.3 is 15.5 Å². The van der Waals surface area contributed by atoms with Gasteiger partial charge in [-0.2, -0.15) is 0 Å². The van der Waals surface area contributed by atoms with Gasteiger partial charge in [0.1, 0.15) is 18.0 Å². The standard InChI is InChI=1S/C22H30N6O/c29-22(24-11-9-17-3-1-10-23-14-17)8-5-18-4-2-12-28(15-18)21-13-20(25-16-26-21)27-19-6-7-19/h1,3,10,13-14,16,18-19H,2,4-9,11-12,15H2,(H,24,29)(H,25,26,27). The molecule has 2 fully saturated rings. The molecule has 2 aromatic rings. The molecule has 1 amide bonds. The number of pyridine rings is 1. The minimum Gasteiger partial charge on any atom is -0.367 e. The highest BCUT2D eigenvalue weighted by Gasteiger charge is 2.24. The zero-order chi connectivity index (χ0) is 19.9. The van der Waals surface area contributed by atoms with Gasteiger partial charge in [-0.15, -0.1) is 0 Å². The van der Waals surface area contributed by atoms with Gasteiger partial charge >= 0.3 is 0 Å². The monoisotopic (exact) mass is 394 g/mol. The topological polar surface area (TPSA) is 83.0 Å². The summed E-state index contributed by atoms with van der Waals surface area (Å²) in [7, 11) is 0. The van der Waals surface area contributed by atoms with Crippen molar-refractivity contribution in [2.24, 2.45) is 5.92 Å². The van der Waals surface area contributed by atoms with E-state index in [2.05, 4.69) is 36.6 Å². The van der Waals surface area contributed by atoms with Crippen LogP contribution in [-0.4, -0.2) is 46.5 Å². The van der Waals surface area contributed by atoms with Crippen molar-refractivity contribution in [1.82, 2.24) is 20.3 Å². The first kappa shape index (κ1) is 19.6. The van der Waals surface area contributed by atoms with Gasteiger partial charge in [0.15, 0.2) is 0 Å². The van der Waals surface area contributed by atoms with Crippen LogP contribution >= 0.6 is 0 Å². The maximum atomic E-state index is 12.2. The van der Waals surface area contributed by atoms with Crippen LogP contribution in [-0.2, 0) is 11.2 Å². The molecule has 1 saturated heterocycles. The van der Waals surface area contributed by atoms with Crippen LogP contribution in [0.3, 0.4) is 0 Å². The van der Waals surface area contributed by atoms with Gasteiger partial charge in [0.05, 0.1) is 0 Å². The predicted molar refractivity (Wildman–Crippen MR) is 114 cm³/mol. The Morgan fingerprint density at radius 2 is 2.17 bits per heavy atom. The molecule has 1 atom stereocenters. The van der Waals surface area contributed by atoms with Gasteiger partial charge in [0, 0.05) is 50.6 Å². The lowest BCUT2D eigenvalue weighted by Crippen LogP contribution is -2.36. The minimum absolute atomic E-state index is 0.143. The zero-order valence-corrected chi connectivity index (χ0v) is 16.9. The number of rotatable bonds is 9. The predicted octanol–water partition coefficient (Wildman–Crippen LogP) is 2.80. The van der Waals surface area contributed by atoms with Crippen LogP contribution in [0.15, 0.2) is 36.9 Å². The van der Waals surface area contributed by atoms with E-state index in [9.17, 15) is 4.79 Å². The second-order valence-corrected chi connectivity index (χ2v) is 8.13. The van der Waals surface area contributed by atoms with Gasteiger partial charge in [-0.3, -0.25) is 9.78 Å². The summed E-state index contributed by atoms with van der Waals surface area (Å²) in [4.78, 5) is 27.5. The van der Waals surface area contributed by atoms with Crippen LogP contribution in [0.25, 0.3) is 0 Å². The van der Waals surface area contributed by atoms with Crippen molar-refractivity contribution in [2.75, 3.05) is 29.9 Å². The maximum absolute atomic E-state index is 12.2. The zero-order valence-electron chi connectivity index (χ0n) is 16.9. The summed E-state index contributed by atoms with van der Waals surface area (Å²) < 4.78 is 0. The number of nitrogens with zero attached hydrogens (tertiary/aromatic N) is 4. The van der Waals surface area contributed by atoms with E-state index in [0.29, 0.717) is 24.9 Å². The van der Waals surface area contributed by atoms with Crippen molar-refractivity contribution in [2.45, 2.75) is 51.0 Å². The number of carbonyl (C=O) groups is 1. The van der Waals surface area contributed by atoms with E-state index >= 15 is 0 Å². The lowest BCUT2D eigenvalue weighted by Gasteiger charge is -2.33. The first-order valence-electron chi connectivity index (χ1n) is 10.8. The number of amides is 1. The highest BCUT2D eigenvalue weighted by molar-refractivity contribution is 5.75. The second-order valence-electron chi connectivity index (χ2n) is 8.13. The van der Waals surface area contributed by atoms with E-state index in [0.717, 1.165) is 49.6 Å². The summed E-state index contributed by atoms with van der Waals surface area (Å²) in [6.07, 6.45) is 12.4. The molecule has 0 radical (unpaired) electrons. The van der Waals surface area contributed by atoms with Crippen molar-refractivity contribution in [3.63, 3.8) is 0 Å². The average Bonchev–Trinajstić information content (AvgIpc) is 3.57. The normalized spacial score (nSPS) is 19.0. The third kappa shape index (κ3) is 6.14. The van der Waals surface area contributed by atoms with Gasteiger partial charge in [-0.05, 0) is 56.1 Å². The van der Waals surface area contributed by atoms with Gasteiger partial charge in [0.25, 0.3) is 0 Å². The van der Waals surface area contributed by atoms with Crippen molar-refractivity contribution in [1.29, 1.82) is 0 Å². The van der Waals surface area contributed by atoms with Crippen molar-refractivity contribution in [3.05, 3.63) is 42.5 Å². The molecule has 7 nitrogen and oxygen atoms in total. The molecule has 0 spiro atoms. The van der Waals surface area contributed by atoms with E-state index in [1.54, 1.807) is 12.5 Å². The van der Waals surface area contributed by atoms with E-state index in [1.165, 1.54) is 19.3 Å². The number of aromatic nitrogens is 3. The van der Waals surface area contributed by atoms with Crippen LogP contribution in [0.2, 0.25) is 0 Å². The van der Waals surface area contributed by atoms with Crippen LogP contribution in [0.4, 0.5) is 11.6 Å². The quantitative estimate of drug-likeness (QED) is 0.681. The fourth-order valence-corrected chi connectivity index (χ4v) is 3.86. The molecule has 1 aliphatic carbocycles. The highest BCUT2D eigenvalue weighted by Crippen LogP contribution is 2.27. The summed E-state index contributed by atoms with van der Waals surface area (Å²) >= 11 is 0. The molecule has 2 aromatic heterocycles. The molecule has 29 heavy (non-hydrogen) atoms. The summed E-state index contributed by atoms with van der Waals surface area (Å²) in [5.41, 5.74) is 1.15. The first-order chi connectivity index (χ1) is 14.3. The molecular formula is C22H30N6O. The molecule has 2 aliphatic rings. The number of nitrogens with one attached hydrogen (secondary N) is 2. The van der Waals surface area contributed by atoms with Crippen molar-refractivity contribution in [3.8, 4) is 0 Å². The third-order valence-electron chi connectivity index (χ3n) is 5.66. The molecule has 1 aliphatic heterocycles. The fraction of sp³-hybridized carbons (Fsp3) is 0.545. The number of anilines is 2. The molecule has 2 N–H and O–H groups in total. The Balaban J connectivity index is 1.20. The fourth-order valence-electron chi connectivity index (χ4n) is 3.86. The SMILES string of the molecule is O=C(CCC1CCCN(c2cc(NC3CC3)ncn2)C1)NCCc1cccnc1. The average molecular weight is 395 g/mol. The largest absolute Gasteiger partial charge is 0.367 e. The Hall–Kier alpha value is -2.70. The van der Waals surface area contributed by atoms with Crippen molar-refractivity contribution >= 4 is 17.5 Å². The Morgan fingerprint density at radius 1 is 1.24 bits per heavy atom. The Morgan fingerprint density at radius 3 is 3.00 bits per heavy atom. The molecule has 7 heteroatoms. The van der Waals surface area contributed by atoms with Crippen LogP contribution in [0, 0.1) is 5.92 Å². The number of piperidine rings is 1. The molecule has 1 saturated carbocycles. The van der Waals surface area contributed by atoms with Gasteiger partial charge in [0.2, 0.25) is 5.91 Å². The molecule has 3 heterocycles. The van der Waals surface area contributed by atoms with Gasteiger partial charge in [-0.1, -0.05) is 6.07 Å².